The number of nitrogens with zero attached hydrogens (tertiary/aromatic N) is 2. The minimum Gasteiger partial charge on any atom is -0.496 e. The SMILES string of the molecule is CCOC(=O)c1noc(-c2ccc(C)c(OC)c2)n1. The molecule has 2 aromatic rings. The highest BCUT2D eigenvalue weighted by molar-refractivity contribution is 5.85. The number of aryl methyl sites for hydroxylation is 1. The molecule has 0 unspecified atom stereocenters. The zero-order chi connectivity index (χ0) is 13.8. The highest BCUT2D eigenvalue weighted by Crippen LogP contribution is 2.25. The number of benzene rings is 1. The molecule has 0 bridgehead atoms. The molecular formula is C13H14N2O4. The molecule has 0 amide bonds. The van der Waals surface area contributed by atoms with E-state index in [1.54, 1.807) is 20.1 Å². The first-order valence-electron chi connectivity index (χ1n) is 5.81. The number of hydrogen-bond donors (Lipinski definition) is 0. The number of ether oxygens (including phenoxy) is 2. The Morgan fingerprint density at radius 3 is 2.89 bits per heavy atom. The molecule has 0 spiro atoms. The van der Waals surface area contributed by atoms with E-state index >= 15 is 0 Å². The van der Waals surface area contributed by atoms with E-state index in [1.807, 2.05) is 19.1 Å². The first kappa shape index (κ1) is 13.1. The molecule has 1 aromatic carbocycles. The summed E-state index contributed by atoms with van der Waals surface area (Å²) in [6, 6.07) is 5.47. The molecule has 1 aromatic heterocycles. The lowest BCUT2D eigenvalue weighted by molar-refractivity contribution is 0.0508. The van der Waals surface area contributed by atoms with Crippen LogP contribution in [0.3, 0.4) is 0 Å². The predicted molar refractivity (Wildman–Crippen MR) is 67.0 cm³/mol. The van der Waals surface area contributed by atoms with E-state index in [0.717, 1.165) is 5.56 Å². The molecular weight excluding hydrogens is 248 g/mol. The lowest BCUT2D eigenvalue weighted by Crippen LogP contribution is -2.06. The molecule has 0 aliphatic carbocycles. The second-order valence-corrected chi connectivity index (χ2v) is 3.83. The van der Waals surface area contributed by atoms with Gasteiger partial charge in [0.15, 0.2) is 0 Å². The van der Waals surface area contributed by atoms with Crippen LogP contribution in [0, 0.1) is 6.92 Å². The van der Waals surface area contributed by atoms with Gasteiger partial charge in [-0.05, 0) is 36.7 Å². The van der Waals surface area contributed by atoms with E-state index < -0.39 is 5.97 Å². The molecule has 0 fully saturated rings. The van der Waals surface area contributed by atoms with Gasteiger partial charge in [-0.1, -0.05) is 6.07 Å². The van der Waals surface area contributed by atoms with E-state index in [0.29, 0.717) is 11.3 Å². The number of aromatic nitrogens is 2. The van der Waals surface area contributed by atoms with Crippen molar-refractivity contribution in [3.8, 4) is 17.2 Å². The maximum absolute atomic E-state index is 11.4. The Kier molecular flexibility index (Phi) is 3.79. The fourth-order valence-electron chi connectivity index (χ4n) is 1.57. The van der Waals surface area contributed by atoms with Gasteiger partial charge in [0.25, 0.3) is 11.7 Å². The van der Waals surface area contributed by atoms with Crippen molar-refractivity contribution >= 4 is 5.97 Å². The Morgan fingerprint density at radius 1 is 1.42 bits per heavy atom. The molecule has 6 heteroatoms. The van der Waals surface area contributed by atoms with Crippen LogP contribution in [0.5, 0.6) is 5.75 Å². The molecule has 0 atom stereocenters. The minimum absolute atomic E-state index is 0.0867. The van der Waals surface area contributed by atoms with Crippen LogP contribution in [0.1, 0.15) is 23.1 Å². The Morgan fingerprint density at radius 2 is 2.21 bits per heavy atom. The van der Waals surface area contributed by atoms with Crippen LogP contribution in [0.2, 0.25) is 0 Å². The van der Waals surface area contributed by atoms with Gasteiger partial charge < -0.3 is 14.0 Å². The van der Waals surface area contributed by atoms with Gasteiger partial charge in [0.2, 0.25) is 0 Å². The number of carbonyl (C=O) groups excluding carboxylic acids is 1. The summed E-state index contributed by atoms with van der Waals surface area (Å²) in [6.45, 7) is 3.91. The van der Waals surface area contributed by atoms with E-state index in [1.165, 1.54) is 0 Å². The summed E-state index contributed by atoms with van der Waals surface area (Å²) < 4.78 is 15.1. The molecule has 2 rings (SSSR count). The zero-order valence-corrected chi connectivity index (χ0v) is 11.0. The van der Waals surface area contributed by atoms with Crippen molar-refractivity contribution in [3.63, 3.8) is 0 Å². The molecule has 0 aliphatic heterocycles. The fraction of sp³-hybridized carbons (Fsp3) is 0.308. The molecule has 0 saturated carbocycles. The molecule has 19 heavy (non-hydrogen) atoms. The van der Waals surface area contributed by atoms with Crippen LogP contribution >= 0.6 is 0 Å². The van der Waals surface area contributed by atoms with Gasteiger partial charge in [0.05, 0.1) is 13.7 Å². The Labute approximate surface area is 110 Å². The Balaban J connectivity index is 2.30. The average molecular weight is 262 g/mol. The first-order valence-corrected chi connectivity index (χ1v) is 5.81. The number of methoxy groups -OCH3 is 1. The van der Waals surface area contributed by atoms with Crippen molar-refractivity contribution in [2.24, 2.45) is 0 Å². The van der Waals surface area contributed by atoms with Gasteiger partial charge in [-0.15, -0.1) is 0 Å². The third-order valence-corrected chi connectivity index (χ3v) is 2.54. The van der Waals surface area contributed by atoms with Crippen LogP contribution in [0.4, 0.5) is 0 Å². The zero-order valence-electron chi connectivity index (χ0n) is 11.0. The lowest BCUT2D eigenvalue weighted by Gasteiger charge is -2.04. The summed E-state index contributed by atoms with van der Waals surface area (Å²) in [4.78, 5) is 15.4. The summed E-state index contributed by atoms with van der Waals surface area (Å²) in [5, 5.41) is 3.59. The quantitative estimate of drug-likeness (QED) is 0.786. The van der Waals surface area contributed by atoms with E-state index in [-0.39, 0.29) is 18.3 Å². The number of esters is 1. The Bertz CT molecular complexity index is 592. The third kappa shape index (κ3) is 2.73. The predicted octanol–water partition coefficient (Wildman–Crippen LogP) is 2.23. The second kappa shape index (κ2) is 5.51. The third-order valence-electron chi connectivity index (χ3n) is 2.54. The van der Waals surface area contributed by atoms with Crippen LogP contribution in [0.25, 0.3) is 11.5 Å². The van der Waals surface area contributed by atoms with Crippen LogP contribution in [-0.2, 0) is 4.74 Å². The molecule has 1 heterocycles. The van der Waals surface area contributed by atoms with Crippen LogP contribution < -0.4 is 4.74 Å². The van der Waals surface area contributed by atoms with Gasteiger partial charge in [-0.2, -0.15) is 4.98 Å². The summed E-state index contributed by atoms with van der Waals surface area (Å²) in [6.07, 6.45) is 0. The maximum Gasteiger partial charge on any atom is 0.379 e. The maximum atomic E-state index is 11.4. The molecule has 0 radical (unpaired) electrons. The van der Waals surface area contributed by atoms with Crippen LogP contribution in [0.15, 0.2) is 22.7 Å². The lowest BCUT2D eigenvalue weighted by atomic mass is 10.1. The minimum atomic E-state index is -0.600. The Hall–Kier alpha value is -2.37. The largest absolute Gasteiger partial charge is 0.496 e. The summed E-state index contributed by atoms with van der Waals surface area (Å²) in [5.74, 6) is 0.280. The molecule has 100 valence electrons. The number of carbonyl (C=O) groups is 1. The van der Waals surface area contributed by atoms with E-state index in [9.17, 15) is 4.79 Å². The normalized spacial score (nSPS) is 10.3. The summed E-state index contributed by atoms with van der Waals surface area (Å²) in [5.41, 5.74) is 1.68. The van der Waals surface area contributed by atoms with Crippen molar-refractivity contribution in [1.29, 1.82) is 0 Å². The van der Waals surface area contributed by atoms with Crippen molar-refractivity contribution < 1.29 is 18.8 Å². The highest BCUT2D eigenvalue weighted by atomic mass is 16.5. The van der Waals surface area contributed by atoms with Gasteiger partial charge in [0.1, 0.15) is 5.75 Å². The van der Waals surface area contributed by atoms with Gasteiger partial charge in [0, 0.05) is 5.56 Å². The van der Waals surface area contributed by atoms with E-state index in [2.05, 4.69) is 10.1 Å². The standard InChI is InChI=1S/C13H14N2O4/c1-4-18-13(16)11-14-12(19-15-11)9-6-5-8(2)10(7-9)17-3/h5-7H,4H2,1-3H3. The van der Waals surface area contributed by atoms with Crippen molar-refractivity contribution in [3.05, 3.63) is 29.6 Å². The molecule has 0 N–H and O–H groups in total. The van der Waals surface area contributed by atoms with Crippen molar-refractivity contribution in [1.82, 2.24) is 10.1 Å². The van der Waals surface area contributed by atoms with Gasteiger partial charge >= 0.3 is 5.97 Å². The average Bonchev–Trinajstić information content (AvgIpc) is 2.89. The highest BCUT2D eigenvalue weighted by Gasteiger charge is 2.17. The first-order chi connectivity index (χ1) is 9.15. The number of hydrogen-bond acceptors (Lipinski definition) is 6. The van der Waals surface area contributed by atoms with Gasteiger partial charge in [-0.3, -0.25) is 0 Å². The van der Waals surface area contributed by atoms with Gasteiger partial charge in [-0.25, -0.2) is 4.79 Å². The molecule has 6 nitrogen and oxygen atoms in total. The van der Waals surface area contributed by atoms with Crippen molar-refractivity contribution in [2.75, 3.05) is 13.7 Å². The van der Waals surface area contributed by atoms with Crippen LogP contribution in [-0.4, -0.2) is 29.8 Å². The summed E-state index contributed by atoms with van der Waals surface area (Å²) in [7, 11) is 1.59. The van der Waals surface area contributed by atoms with E-state index in [4.69, 9.17) is 14.0 Å². The summed E-state index contributed by atoms with van der Waals surface area (Å²) >= 11 is 0. The second-order valence-electron chi connectivity index (χ2n) is 3.83. The monoisotopic (exact) mass is 262 g/mol. The topological polar surface area (TPSA) is 74.5 Å². The van der Waals surface area contributed by atoms with Crippen molar-refractivity contribution in [2.45, 2.75) is 13.8 Å². The number of rotatable bonds is 4. The smallest absolute Gasteiger partial charge is 0.379 e. The molecule has 0 saturated heterocycles. The molecule has 0 aliphatic rings. The fourth-order valence-corrected chi connectivity index (χ4v) is 1.57.